The number of aromatic nitrogens is 2. The predicted octanol–water partition coefficient (Wildman–Crippen LogP) is 2.51. The Labute approximate surface area is 82.0 Å². The van der Waals surface area contributed by atoms with E-state index in [-0.39, 0.29) is 0 Å². The van der Waals surface area contributed by atoms with Crippen molar-refractivity contribution in [1.82, 2.24) is 9.38 Å². The van der Waals surface area contributed by atoms with Crippen molar-refractivity contribution in [2.45, 2.75) is 12.7 Å². The van der Waals surface area contributed by atoms with E-state index in [0.717, 1.165) is 17.1 Å². The van der Waals surface area contributed by atoms with E-state index in [1.807, 2.05) is 12.3 Å². The number of aryl methyl sites for hydroxylation is 1. The van der Waals surface area contributed by atoms with Crippen molar-refractivity contribution in [3.8, 4) is 0 Å². The van der Waals surface area contributed by atoms with Gasteiger partial charge in [-0.05, 0) is 24.8 Å². The minimum atomic E-state index is 0.987. The molecular weight excluding hydrogens is 180 g/mol. The third-order valence-electron chi connectivity index (χ3n) is 2.02. The molecule has 2 aromatic heterocycles. The Balaban J connectivity index is 2.55. The molecule has 0 radical (unpaired) electrons. The molecule has 13 heavy (non-hydrogen) atoms. The summed E-state index contributed by atoms with van der Waals surface area (Å²) in [4.78, 5) is 4.54. The third kappa shape index (κ3) is 1.56. The van der Waals surface area contributed by atoms with Gasteiger partial charge in [0.2, 0.25) is 0 Å². The molecule has 0 fully saturated rings. The summed E-state index contributed by atoms with van der Waals surface area (Å²) in [5.41, 5.74) is 3.46. The number of hydrogen-bond donors (Lipinski definition) is 0. The first-order chi connectivity index (χ1) is 6.31. The van der Waals surface area contributed by atoms with Crippen LogP contribution < -0.4 is 0 Å². The smallest absolute Gasteiger partial charge is 0.139 e. The Morgan fingerprint density at radius 2 is 2.38 bits per heavy atom. The van der Waals surface area contributed by atoms with Gasteiger partial charge in [0, 0.05) is 18.1 Å². The maximum absolute atomic E-state index is 4.54. The number of rotatable bonds is 2. The van der Waals surface area contributed by atoms with E-state index in [0.29, 0.717) is 0 Å². The fourth-order valence-corrected chi connectivity index (χ4v) is 1.86. The molecule has 3 heteroatoms. The molecule has 68 valence electrons. The van der Waals surface area contributed by atoms with Crippen LogP contribution >= 0.6 is 11.8 Å². The van der Waals surface area contributed by atoms with Gasteiger partial charge in [-0.25, -0.2) is 4.98 Å². The highest BCUT2D eigenvalue weighted by atomic mass is 32.2. The topological polar surface area (TPSA) is 17.3 Å². The molecule has 2 heterocycles. The molecule has 0 saturated heterocycles. The molecule has 0 unspecified atom stereocenters. The standard InChI is InChI=1S/C10H12N2S/c1-8-4-3-5-12-6-9(7-13-2)11-10(8)12/h3-6H,7H2,1-2H3. The van der Waals surface area contributed by atoms with Crippen LogP contribution in [0.25, 0.3) is 5.65 Å². The molecule has 0 aliphatic rings. The lowest BCUT2D eigenvalue weighted by Crippen LogP contribution is -1.84. The largest absolute Gasteiger partial charge is 0.307 e. The van der Waals surface area contributed by atoms with Crippen molar-refractivity contribution in [2.75, 3.05) is 6.26 Å². The summed E-state index contributed by atoms with van der Waals surface area (Å²) < 4.78 is 2.08. The lowest BCUT2D eigenvalue weighted by molar-refractivity contribution is 1.16. The number of thioether (sulfide) groups is 1. The number of fused-ring (bicyclic) bond motifs is 1. The van der Waals surface area contributed by atoms with E-state index in [1.165, 1.54) is 5.56 Å². The zero-order valence-electron chi connectivity index (χ0n) is 7.82. The first-order valence-electron chi connectivity index (χ1n) is 4.23. The maximum atomic E-state index is 4.54. The zero-order valence-corrected chi connectivity index (χ0v) is 8.64. The quantitative estimate of drug-likeness (QED) is 0.727. The summed E-state index contributed by atoms with van der Waals surface area (Å²) in [5, 5.41) is 0. The van der Waals surface area contributed by atoms with E-state index in [4.69, 9.17) is 0 Å². The van der Waals surface area contributed by atoms with Crippen molar-refractivity contribution in [1.29, 1.82) is 0 Å². The van der Waals surface area contributed by atoms with Gasteiger partial charge in [-0.15, -0.1) is 0 Å². The van der Waals surface area contributed by atoms with Crippen molar-refractivity contribution >= 4 is 17.4 Å². The lowest BCUT2D eigenvalue weighted by atomic mass is 10.3. The van der Waals surface area contributed by atoms with E-state index in [2.05, 4.69) is 34.8 Å². The Hall–Kier alpha value is -0.960. The fraction of sp³-hybridized carbons (Fsp3) is 0.300. The fourth-order valence-electron chi connectivity index (χ4n) is 1.42. The molecular formula is C10H12N2S. The minimum absolute atomic E-state index is 0.987. The molecule has 0 amide bonds. The van der Waals surface area contributed by atoms with Crippen molar-refractivity contribution in [3.05, 3.63) is 35.8 Å². The highest BCUT2D eigenvalue weighted by Gasteiger charge is 2.01. The van der Waals surface area contributed by atoms with Crippen LogP contribution in [0, 0.1) is 6.92 Å². The molecule has 0 N–H and O–H groups in total. The van der Waals surface area contributed by atoms with Gasteiger partial charge in [-0.3, -0.25) is 0 Å². The summed E-state index contributed by atoms with van der Waals surface area (Å²) in [6.45, 7) is 2.09. The van der Waals surface area contributed by atoms with Gasteiger partial charge in [-0.1, -0.05) is 6.07 Å². The average molecular weight is 192 g/mol. The predicted molar refractivity (Wildman–Crippen MR) is 57.1 cm³/mol. The average Bonchev–Trinajstić information content (AvgIpc) is 2.49. The molecule has 0 spiro atoms. The summed E-state index contributed by atoms with van der Waals surface area (Å²) in [6, 6.07) is 4.14. The van der Waals surface area contributed by atoms with Crippen LogP contribution in [0.3, 0.4) is 0 Å². The summed E-state index contributed by atoms with van der Waals surface area (Å²) in [5.74, 6) is 0.987. The lowest BCUT2D eigenvalue weighted by Gasteiger charge is -1.93. The second-order valence-electron chi connectivity index (χ2n) is 3.09. The molecule has 0 aliphatic carbocycles. The van der Waals surface area contributed by atoms with Crippen molar-refractivity contribution in [2.24, 2.45) is 0 Å². The molecule has 2 nitrogen and oxygen atoms in total. The van der Waals surface area contributed by atoms with Crippen LogP contribution in [0.5, 0.6) is 0 Å². The third-order valence-corrected chi connectivity index (χ3v) is 2.60. The van der Waals surface area contributed by atoms with E-state index in [9.17, 15) is 0 Å². The second kappa shape index (κ2) is 3.42. The molecule has 0 aromatic carbocycles. The van der Waals surface area contributed by atoms with Crippen LogP contribution in [-0.4, -0.2) is 15.6 Å². The molecule has 0 saturated carbocycles. The molecule has 0 bridgehead atoms. The minimum Gasteiger partial charge on any atom is -0.307 e. The first kappa shape index (κ1) is 8.63. The van der Waals surface area contributed by atoms with Crippen LogP contribution in [0.1, 0.15) is 11.3 Å². The maximum Gasteiger partial charge on any atom is 0.139 e. The number of nitrogens with zero attached hydrogens (tertiary/aromatic N) is 2. The van der Waals surface area contributed by atoms with Gasteiger partial charge in [-0.2, -0.15) is 11.8 Å². The normalized spacial score (nSPS) is 10.9. The summed E-state index contributed by atoms with van der Waals surface area (Å²) >= 11 is 1.80. The van der Waals surface area contributed by atoms with Crippen molar-refractivity contribution < 1.29 is 0 Å². The Bertz CT molecular complexity index is 420. The highest BCUT2D eigenvalue weighted by molar-refractivity contribution is 7.97. The SMILES string of the molecule is CSCc1cn2cccc(C)c2n1. The zero-order chi connectivity index (χ0) is 9.26. The molecule has 0 aliphatic heterocycles. The summed E-state index contributed by atoms with van der Waals surface area (Å²) in [7, 11) is 0. The van der Waals surface area contributed by atoms with Gasteiger partial charge in [0.1, 0.15) is 5.65 Å². The molecule has 2 rings (SSSR count). The van der Waals surface area contributed by atoms with Gasteiger partial charge < -0.3 is 4.40 Å². The van der Waals surface area contributed by atoms with E-state index >= 15 is 0 Å². The van der Waals surface area contributed by atoms with Gasteiger partial charge in [0.15, 0.2) is 0 Å². The number of imidazole rings is 1. The monoisotopic (exact) mass is 192 g/mol. The van der Waals surface area contributed by atoms with E-state index < -0.39 is 0 Å². The number of pyridine rings is 1. The Morgan fingerprint density at radius 3 is 3.08 bits per heavy atom. The second-order valence-corrected chi connectivity index (χ2v) is 3.95. The highest BCUT2D eigenvalue weighted by Crippen LogP contribution is 2.12. The molecule has 2 aromatic rings. The van der Waals surface area contributed by atoms with Crippen molar-refractivity contribution in [3.63, 3.8) is 0 Å². The Kier molecular flexibility index (Phi) is 2.27. The van der Waals surface area contributed by atoms with Crippen LogP contribution in [0.15, 0.2) is 24.5 Å². The van der Waals surface area contributed by atoms with Gasteiger partial charge >= 0.3 is 0 Å². The summed E-state index contributed by atoms with van der Waals surface area (Å²) in [6.07, 6.45) is 6.23. The van der Waals surface area contributed by atoms with Gasteiger partial charge in [0.25, 0.3) is 0 Å². The van der Waals surface area contributed by atoms with Crippen LogP contribution in [0.4, 0.5) is 0 Å². The first-order valence-corrected chi connectivity index (χ1v) is 5.63. The number of hydrogen-bond acceptors (Lipinski definition) is 2. The van der Waals surface area contributed by atoms with Gasteiger partial charge in [0.05, 0.1) is 5.69 Å². The van der Waals surface area contributed by atoms with Crippen LogP contribution in [-0.2, 0) is 5.75 Å². The van der Waals surface area contributed by atoms with Crippen LogP contribution in [0.2, 0.25) is 0 Å². The van der Waals surface area contributed by atoms with E-state index in [1.54, 1.807) is 11.8 Å². The Morgan fingerprint density at radius 1 is 1.54 bits per heavy atom. The molecule has 0 atom stereocenters.